The van der Waals surface area contributed by atoms with Gasteiger partial charge in [0.2, 0.25) is 5.95 Å². The molecule has 0 amide bonds. The summed E-state index contributed by atoms with van der Waals surface area (Å²) < 4.78 is 21.6. The zero-order chi connectivity index (χ0) is 34.4. The van der Waals surface area contributed by atoms with E-state index in [1.807, 2.05) is 54.7 Å². The molecule has 246 valence electrons. The highest BCUT2D eigenvalue weighted by molar-refractivity contribution is 6.21. The van der Waals surface area contributed by atoms with Gasteiger partial charge in [0.25, 0.3) is 0 Å². The Balaban J connectivity index is 1.24. The minimum absolute atomic E-state index is 0.0283. The molecule has 9 heteroatoms. The highest BCUT2D eigenvalue weighted by Crippen LogP contribution is 2.51. The number of nitrogens with zero attached hydrogens (tertiary/aromatic N) is 7. The molecule has 2 aliphatic heterocycles. The average Bonchev–Trinajstić information content (AvgIpc) is 3.17. The van der Waals surface area contributed by atoms with Crippen LogP contribution in [-0.4, -0.2) is 26.0 Å². The van der Waals surface area contributed by atoms with E-state index in [4.69, 9.17) is 21.3 Å². The van der Waals surface area contributed by atoms with Crippen LogP contribution in [0.5, 0.6) is 5.75 Å². The second-order valence-electron chi connectivity index (χ2n) is 13.9. The van der Waals surface area contributed by atoms with Gasteiger partial charge >= 0.3 is 5.82 Å². The normalized spacial score (nSPS) is 19.8. The first-order chi connectivity index (χ1) is 24.9. The molecule has 10 rings (SSSR count). The number of ether oxygens (including phenoxy) is 1. The molecule has 2 atom stereocenters. The molecular formula is C42H30FN7O. The van der Waals surface area contributed by atoms with Crippen molar-refractivity contribution in [2.75, 3.05) is 9.80 Å². The van der Waals surface area contributed by atoms with Crippen molar-refractivity contribution in [2.24, 2.45) is 5.92 Å². The van der Waals surface area contributed by atoms with Crippen molar-refractivity contribution >= 4 is 61.5 Å². The number of benzene rings is 3. The lowest BCUT2D eigenvalue weighted by atomic mass is 9.65. The fourth-order valence-corrected chi connectivity index (χ4v) is 8.34. The first-order valence-electron chi connectivity index (χ1n) is 17.1. The molecule has 0 saturated heterocycles. The molecule has 2 aliphatic carbocycles. The van der Waals surface area contributed by atoms with Crippen molar-refractivity contribution in [1.82, 2.24) is 19.9 Å². The number of anilines is 4. The van der Waals surface area contributed by atoms with E-state index < -0.39 is 5.95 Å². The van der Waals surface area contributed by atoms with Gasteiger partial charge in [-0.1, -0.05) is 81.1 Å². The lowest BCUT2D eigenvalue weighted by Gasteiger charge is -2.50. The summed E-state index contributed by atoms with van der Waals surface area (Å²) >= 11 is 0. The van der Waals surface area contributed by atoms with Crippen LogP contribution >= 0.6 is 0 Å². The maximum absolute atomic E-state index is 15.3. The molecule has 0 fully saturated rings. The number of rotatable bonds is 2. The number of allylic oxidation sites excluding steroid dienone is 5. The summed E-state index contributed by atoms with van der Waals surface area (Å²) in [4.78, 5) is 27.1. The SMILES string of the molecule is [C-]#[N+]c1nc2c3ccc(N4C5=C(C=CCC5)Oc5ccccc54)nc3c3ncc(N4c5ccccc5C(C)(C)C5C=CC=CC54)cc3c2nc1F. The van der Waals surface area contributed by atoms with Crippen molar-refractivity contribution < 1.29 is 9.13 Å². The number of pyridine rings is 2. The van der Waals surface area contributed by atoms with E-state index in [0.717, 1.165) is 47.1 Å². The van der Waals surface area contributed by atoms with E-state index in [1.54, 1.807) is 0 Å². The van der Waals surface area contributed by atoms with Gasteiger partial charge in [0, 0.05) is 22.4 Å². The minimum Gasteiger partial charge on any atom is -0.453 e. The van der Waals surface area contributed by atoms with Gasteiger partial charge in [-0.3, -0.25) is 9.88 Å². The molecule has 51 heavy (non-hydrogen) atoms. The summed E-state index contributed by atoms with van der Waals surface area (Å²) in [6.45, 7) is 12.2. The zero-order valence-corrected chi connectivity index (χ0v) is 27.9. The summed E-state index contributed by atoms with van der Waals surface area (Å²) in [7, 11) is 0. The molecule has 0 saturated carbocycles. The van der Waals surface area contributed by atoms with Crippen molar-refractivity contribution in [2.45, 2.75) is 38.1 Å². The Kier molecular flexibility index (Phi) is 6.25. The first kappa shape index (κ1) is 29.5. The Bertz CT molecular complexity index is 2670. The van der Waals surface area contributed by atoms with E-state index in [1.165, 1.54) is 5.56 Å². The number of halogens is 1. The Morgan fingerprint density at radius 1 is 0.882 bits per heavy atom. The van der Waals surface area contributed by atoms with Crippen LogP contribution in [0.3, 0.4) is 0 Å². The number of hydrogen-bond donors (Lipinski definition) is 0. The molecule has 2 unspecified atom stereocenters. The fraction of sp³-hybridized carbons (Fsp3) is 0.167. The van der Waals surface area contributed by atoms with E-state index in [9.17, 15) is 0 Å². The standard InChI is InChI=1S/C42H30FN7O/c1-42(2)27-12-4-6-14-29(27)49(30-15-7-5-13-28(30)42)24-22-26-36(45-23-24)37-25(38-39(26)47-40(43)41(44-3)48-38)20-21-35(46-37)50-31-16-8-10-18-33(31)51-34-19-11-9-17-32(34)50/h4-8,10-16,18-23,27,29H,9,17H2,1-2H3. The van der Waals surface area contributed by atoms with Crippen molar-refractivity contribution in [3.63, 3.8) is 0 Å². The first-order valence-corrected chi connectivity index (χ1v) is 17.1. The summed E-state index contributed by atoms with van der Waals surface area (Å²) in [6, 6.07) is 22.4. The van der Waals surface area contributed by atoms with Gasteiger partial charge in [0.15, 0.2) is 11.3 Å². The Labute approximate surface area is 293 Å². The Hall–Kier alpha value is -6.40. The van der Waals surface area contributed by atoms with Crippen LogP contribution in [0, 0.1) is 18.4 Å². The molecule has 4 aliphatic rings. The Morgan fingerprint density at radius 3 is 2.55 bits per heavy atom. The van der Waals surface area contributed by atoms with E-state index in [0.29, 0.717) is 38.7 Å². The fourth-order valence-electron chi connectivity index (χ4n) is 8.34. The lowest BCUT2D eigenvalue weighted by Crippen LogP contribution is -2.49. The molecule has 8 nitrogen and oxygen atoms in total. The quantitative estimate of drug-likeness (QED) is 0.134. The summed E-state index contributed by atoms with van der Waals surface area (Å²) in [6.07, 6.45) is 16.5. The van der Waals surface area contributed by atoms with Gasteiger partial charge in [-0.2, -0.15) is 4.39 Å². The molecule has 3 aromatic heterocycles. The number of fused-ring (bicyclic) bond motifs is 9. The third-order valence-electron chi connectivity index (χ3n) is 10.7. The van der Waals surface area contributed by atoms with Gasteiger partial charge in [0.1, 0.15) is 22.6 Å². The van der Waals surface area contributed by atoms with Crippen molar-refractivity contribution in [3.8, 4) is 5.75 Å². The van der Waals surface area contributed by atoms with Gasteiger partial charge in [-0.25, -0.2) is 9.97 Å². The van der Waals surface area contributed by atoms with Crippen LogP contribution in [0.2, 0.25) is 0 Å². The minimum atomic E-state index is -0.909. The van der Waals surface area contributed by atoms with Gasteiger partial charge < -0.3 is 14.5 Å². The predicted octanol–water partition coefficient (Wildman–Crippen LogP) is 10.0. The van der Waals surface area contributed by atoms with Crippen molar-refractivity contribution in [1.29, 1.82) is 0 Å². The smallest absolute Gasteiger partial charge is 0.325 e. The number of aromatic nitrogens is 4. The second kappa shape index (κ2) is 10.8. The second-order valence-corrected chi connectivity index (χ2v) is 13.9. The number of hydrogen-bond acceptors (Lipinski definition) is 7. The Morgan fingerprint density at radius 2 is 1.67 bits per heavy atom. The van der Waals surface area contributed by atoms with Gasteiger partial charge in [0.05, 0.1) is 40.2 Å². The molecule has 0 bridgehead atoms. The highest BCUT2D eigenvalue weighted by Gasteiger charge is 2.45. The molecule has 6 aromatic rings. The van der Waals surface area contributed by atoms with Gasteiger partial charge in [-0.05, 0) is 60.9 Å². The zero-order valence-electron chi connectivity index (χ0n) is 27.9. The van der Waals surface area contributed by atoms with E-state index in [2.05, 4.69) is 93.1 Å². The highest BCUT2D eigenvalue weighted by atomic mass is 19.1. The van der Waals surface area contributed by atoms with Crippen LogP contribution in [-0.2, 0) is 5.41 Å². The molecule has 0 N–H and O–H groups in total. The third kappa shape index (κ3) is 4.23. The summed E-state index contributed by atoms with van der Waals surface area (Å²) in [5.74, 6) is 1.15. The van der Waals surface area contributed by atoms with E-state index >= 15 is 4.39 Å². The summed E-state index contributed by atoms with van der Waals surface area (Å²) in [5, 5.41) is 1.25. The maximum Gasteiger partial charge on any atom is 0.325 e. The van der Waals surface area contributed by atoms with Gasteiger partial charge in [-0.15, -0.1) is 4.98 Å². The van der Waals surface area contributed by atoms with Crippen LogP contribution in [0.1, 0.15) is 32.3 Å². The van der Waals surface area contributed by atoms with Crippen LogP contribution in [0.4, 0.5) is 33.1 Å². The van der Waals surface area contributed by atoms with Crippen LogP contribution < -0.4 is 14.5 Å². The molecule has 0 spiro atoms. The van der Waals surface area contributed by atoms with Crippen LogP contribution in [0.25, 0.3) is 37.7 Å². The molecular weight excluding hydrogens is 638 g/mol. The van der Waals surface area contributed by atoms with Crippen LogP contribution in [0.15, 0.2) is 121 Å². The van der Waals surface area contributed by atoms with E-state index in [-0.39, 0.29) is 23.2 Å². The predicted molar refractivity (Wildman–Crippen MR) is 198 cm³/mol. The molecule has 0 radical (unpaired) electrons. The maximum atomic E-state index is 15.3. The van der Waals surface area contributed by atoms with Crippen molar-refractivity contribution in [3.05, 3.63) is 144 Å². The largest absolute Gasteiger partial charge is 0.453 e. The third-order valence-corrected chi connectivity index (χ3v) is 10.7. The average molecular weight is 668 g/mol. The topological polar surface area (TPSA) is 71.6 Å². The summed E-state index contributed by atoms with van der Waals surface area (Å²) in [5.41, 5.74) is 6.91. The lowest BCUT2D eigenvalue weighted by molar-refractivity contribution is 0.332. The molecule has 3 aromatic carbocycles. The number of para-hydroxylation sites is 3. The molecule has 5 heterocycles. The monoisotopic (exact) mass is 667 g/mol.